The van der Waals surface area contributed by atoms with E-state index in [2.05, 4.69) is 29.0 Å². The van der Waals surface area contributed by atoms with Crippen molar-refractivity contribution < 1.29 is 4.74 Å². The number of aromatic nitrogens is 2. The third-order valence-electron chi connectivity index (χ3n) is 2.23. The molecular formula is C12H19N3O. The fourth-order valence-corrected chi connectivity index (χ4v) is 1.50. The molecule has 1 N–H and O–H groups in total. The van der Waals surface area contributed by atoms with E-state index in [4.69, 9.17) is 4.74 Å². The molecule has 0 saturated heterocycles. The van der Waals surface area contributed by atoms with Gasteiger partial charge in [0.05, 0.1) is 18.8 Å². The number of hydrogen-bond donors (Lipinski definition) is 1. The summed E-state index contributed by atoms with van der Waals surface area (Å²) in [7, 11) is 1.58. The largest absolute Gasteiger partial charge is 0.480 e. The van der Waals surface area contributed by atoms with Gasteiger partial charge in [0.25, 0.3) is 0 Å². The third-order valence-corrected chi connectivity index (χ3v) is 2.23. The molecule has 0 aliphatic heterocycles. The van der Waals surface area contributed by atoms with Crippen LogP contribution in [0, 0.1) is 0 Å². The van der Waals surface area contributed by atoms with Crippen LogP contribution in [-0.2, 0) is 0 Å². The minimum Gasteiger partial charge on any atom is -0.480 e. The Hall–Kier alpha value is -1.42. The van der Waals surface area contributed by atoms with Crippen LogP contribution in [0.3, 0.4) is 0 Å². The highest BCUT2D eigenvalue weighted by Gasteiger charge is 2.12. The first-order valence-electron chi connectivity index (χ1n) is 5.42. The summed E-state index contributed by atoms with van der Waals surface area (Å²) in [5.74, 6) is 0.536. The molecule has 0 spiro atoms. The Morgan fingerprint density at radius 2 is 2.25 bits per heavy atom. The van der Waals surface area contributed by atoms with Crippen LogP contribution in [0.15, 0.2) is 24.3 Å². The lowest BCUT2D eigenvalue weighted by Crippen LogP contribution is -2.22. The Labute approximate surface area is 96.7 Å². The van der Waals surface area contributed by atoms with Crippen molar-refractivity contribution in [1.29, 1.82) is 0 Å². The Kier molecular flexibility index (Phi) is 4.92. The van der Waals surface area contributed by atoms with Crippen molar-refractivity contribution in [1.82, 2.24) is 15.5 Å². The molecule has 1 aromatic heterocycles. The van der Waals surface area contributed by atoms with Crippen LogP contribution in [0.5, 0.6) is 5.88 Å². The summed E-state index contributed by atoms with van der Waals surface area (Å²) in [6.45, 7) is 8.91. The third kappa shape index (κ3) is 3.62. The van der Waals surface area contributed by atoms with Gasteiger partial charge in [0, 0.05) is 6.07 Å². The zero-order valence-corrected chi connectivity index (χ0v) is 10.2. The molecule has 4 nitrogen and oxygen atoms in total. The summed E-state index contributed by atoms with van der Waals surface area (Å²) < 4.78 is 4.98. The van der Waals surface area contributed by atoms with E-state index in [-0.39, 0.29) is 6.04 Å². The van der Waals surface area contributed by atoms with Crippen LogP contribution in [0.1, 0.15) is 32.0 Å². The summed E-state index contributed by atoms with van der Waals surface area (Å²) in [4.78, 5) is 0. The van der Waals surface area contributed by atoms with E-state index >= 15 is 0 Å². The molecule has 0 radical (unpaired) electrons. The quantitative estimate of drug-likeness (QED) is 0.747. The minimum atomic E-state index is 0.181. The van der Waals surface area contributed by atoms with Crippen molar-refractivity contribution in [3.63, 3.8) is 0 Å². The molecule has 16 heavy (non-hydrogen) atoms. The number of hydrogen-bond acceptors (Lipinski definition) is 4. The molecule has 1 atom stereocenters. The van der Waals surface area contributed by atoms with Crippen molar-refractivity contribution in [3.05, 3.63) is 30.0 Å². The molecule has 0 fully saturated rings. The van der Waals surface area contributed by atoms with E-state index in [0.29, 0.717) is 5.88 Å². The second-order valence-corrected chi connectivity index (χ2v) is 3.77. The molecule has 0 amide bonds. The Bertz CT molecular complexity index is 335. The summed E-state index contributed by atoms with van der Waals surface area (Å²) in [5.41, 5.74) is 2.05. The van der Waals surface area contributed by atoms with Gasteiger partial charge in [0.2, 0.25) is 5.88 Å². The van der Waals surface area contributed by atoms with Crippen LogP contribution >= 0.6 is 0 Å². The first-order chi connectivity index (χ1) is 7.67. The molecule has 1 rings (SSSR count). The maximum atomic E-state index is 4.98. The van der Waals surface area contributed by atoms with E-state index in [9.17, 15) is 0 Å². The van der Waals surface area contributed by atoms with Gasteiger partial charge in [-0.05, 0) is 26.0 Å². The van der Waals surface area contributed by atoms with Crippen molar-refractivity contribution in [2.75, 3.05) is 13.7 Å². The van der Waals surface area contributed by atoms with Crippen molar-refractivity contribution >= 4 is 0 Å². The van der Waals surface area contributed by atoms with Crippen molar-refractivity contribution in [2.24, 2.45) is 0 Å². The molecule has 0 aliphatic carbocycles. The molecule has 0 bridgehead atoms. The minimum absolute atomic E-state index is 0.181. The van der Waals surface area contributed by atoms with Crippen LogP contribution in [0.4, 0.5) is 0 Å². The van der Waals surface area contributed by atoms with Gasteiger partial charge >= 0.3 is 0 Å². The molecule has 1 heterocycles. The highest BCUT2D eigenvalue weighted by Crippen LogP contribution is 2.18. The Balaban J connectivity index is 2.79. The van der Waals surface area contributed by atoms with E-state index < -0.39 is 0 Å². The molecule has 4 heteroatoms. The van der Waals surface area contributed by atoms with Crippen LogP contribution in [0.25, 0.3) is 0 Å². The molecule has 88 valence electrons. The fraction of sp³-hybridized carbons (Fsp3) is 0.500. The van der Waals surface area contributed by atoms with E-state index in [1.54, 1.807) is 7.11 Å². The van der Waals surface area contributed by atoms with Gasteiger partial charge in [0.15, 0.2) is 0 Å². The lowest BCUT2D eigenvalue weighted by Gasteiger charge is -2.16. The Morgan fingerprint density at radius 1 is 1.50 bits per heavy atom. The fourth-order valence-electron chi connectivity index (χ4n) is 1.50. The topological polar surface area (TPSA) is 47.0 Å². The average Bonchev–Trinajstić information content (AvgIpc) is 2.28. The number of nitrogens with one attached hydrogen (secondary N) is 1. The van der Waals surface area contributed by atoms with Gasteiger partial charge in [-0.1, -0.05) is 12.5 Å². The maximum absolute atomic E-state index is 4.98. The standard InChI is InChI=1S/C12H19N3O/c1-5-13-11(8-9(2)3)10-6-7-12(16-4)15-14-10/h6-7,11,13H,2,5,8H2,1,3-4H3. The SMILES string of the molecule is C=C(C)CC(NCC)c1ccc(OC)nn1. The molecule has 0 aromatic carbocycles. The van der Waals surface area contributed by atoms with Crippen molar-refractivity contribution in [3.8, 4) is 5.88 Å². The van der Waals surface area contributed by atoms with Crippen LogP contribution < -0.4 is 10.1 Å². The summed E-state index contributed by atoms with van der Waals surface area (Å²) in [6, 6.07) is 3.94. The zero-order chi connectivity index (χ0) is 12.0. The maximum Gasteiger partial charge on any atom is 0.233 e. The molecule has 1 unspecified atom stereocenters. The second-order valence-electron chi connectivity index (χ2n) is 3.77. The normalized spacial score (nSPS) is 12.2. The van der Waals surface area contributed by atoms with Gasteiger partial charge in [-0.3, -0.25) is 0 Å². The first-order valence-corrected chi connectivity index (χ1v) is 5.42. The summed E-state index contributed by atoms with van der Waals surface area (Å²) in [6.07, 6.45) is 0.870. The summed E-state index contributed by atoms with van der Waals surface area (Å²) in [5, 5.41) is 11.5. The number of methoxy groups -OCH3 is 1. The van der Waals surface area contributed by atoms with Gasteiger partial charge < -0.3 is 10.1 Å². The van der Waals surface area contributed by atoms with Crippen LogP contribution in [0.2, 0.25) is 0 Å². The Morgan fingerprint density at radius 3 is 2.69 bits per heavy atom. The van der Waals surface area contributed by atoms with E-state index in [1.807, 2.05) is 19.1 Å². The first kappa shape index (κ1) is 12.6. The monoisotopic (exact) mass is 221 g/mol. The number of rotatable bonds is 6. The van der Waals surface area contributed by atoms with Gasteiger partial charge in [-0.2, -0.15) is 5.10 Å². The lowest BCUT2D eigenvalue weighted by atomic mass is 10.1. The average molecular weight is 221 g/mol. The van der Waals surface area contributed by atoms with Gasteiger partial charge in [0.1, 0.15) is 0 Å². The van der Waals surface area contributed by atoms with Crippen molar-refractivity contribution in [2.45, 2.75) is 26.3 Å². The van der Waals surface area contributed by atoms with E-state index in [0.717, 1.165) is 24.2 Å². The summed E-state index contributed by atoms with van der Waals surface area (Å²) >= 11 is 0. The lowest BCUT2D eigenvalue weighted by molar-refractivity contribution is 0.389. The van der Waals surface area contributed by atoms with E-state index in [1.165, 1.54) is 0 Å². The number of ether oxygens (including phenoxy) is 1. The predicted octanol–water partition coefficient (Wildman–Crippen LogP) is 2.10. The van der Waals surface area contributed by atoms with Gasteiger partial charge in [-0.15, -0.1) is 11.7 Å². The smallest absolute Gasteiger partial charge is 0.233 e. The number of nitrogens with zero attached hydrogens (tertiary/aromatic N) is 2. The van der Waals surface area contributed by atoms with Crippen LogP contribution in [-0.4, -0.2) is 23.9 Å². The highest BCUT2D eigenvalue weighted by molar-refractivity contribution is 5.15. The molecule has 1 aromatic rings. The zero-order valence-electron chi connectivity index (χ0n) is 10.2. The molecule has 0 saturated carbocycles. The molecule has 0 aliphatic rings. The highest BCUT2D eigenvalue weighted by atomic mass is 16.5. The second kappa shape index (κ2) is 6.23. The van der Waals surface area contributed by atoms with Gasteiger partial charge in [-0.25, -0.2) is 0 Å². The molecular weight excluding hydrogens is 202 g/mol. The predicted molar refractivity (Wildman–Crippen MR) is 64.4 cm³/mol.